The molecule has 0 saturated heterocycles. The Hall–Kier alpha value is -0.820. The molecule has 1 heteroatoms. The molecule has 1 aromatic rings. The largest absolute Gasteiger partial charge is 0.311 e. The molecular weight excluding hydrogens is 242 g/mol. The second-order valence-corrected chi connectivity index (χ2v) is 7.34. The predicted octanol–water partition coefficient (Wildman–Crippen LogP) is 4.49. The van der Waals surface area contributed by atoms with Crippen LogP contribution in [0.25, 0.3) is 0 Å². The van der Waals surface area contributed by atoms with Crippen molar-refractivity contribution in [1.82, 2.24) is 5.32 Å². The zero-order chi connectivity index (χ0) is 13.4. The van der Waals surface area contributed by atoms with Crippen LogP contribution in [0.4, 0.5) is 0 Å². The topological polar surface area (TPSA) is 12.0 Å². The van der Waals surface area contributed by atoms with Crippen molar-refractivity contribution < 1.29 is 0 Å². The normalized spacial score (nSPS) is 40.1. The van der Waals surface area contributed by atoms with Crippen molar-refractivity contribution in [3.8, 4) is 0 Å². The van der Waals surface area contributed by atoms with Crippen molar-refractivity contribution in [1.29, 1.82) is 0 Å². The maximum atomic E-state index is 3.97. The van der Waals surface area contributed by atoms with Crippen LogP contribution < -0.4 is 5.32 Å². The summed E-state index contributed by atoms with van der Waals surface area (Å²) >= 11 is 0. The minimum absolute atomic E-state index is 0.766. The third kappa shape index (κ3) is 2.65. The van der Waals surface area contributed by atoms with Crippen molar-refractivity contribution in [2.45, 2.75) is 69.4 Å². The zero-order valence-corrected chi connectivity index (χ0v) is 12.4. The Morgan fingerprint density at radius 1 is 0.800 bits per heavy atom. The molecule has 1 nitrogen and oxygen atoms in total. The SMILES string of the molecule is c1ccc(C2CC2NC2CCC3CCCCC3C2)cc1. The number of benzene rings is 1. The number of nitrogens with one attached hydrogen (secondary N) is 1. The van der Waals surface area contributed by atoms with Crippen molar-refractivity contribution in [3.05, 3.63) is 35.9 Å². The molecule has 0 aliphatic heterocycles. The third-order valence-corrected chi connectivity index (χ3v) is 6.01. The van der Waals surface area contributed by atoms with Crippen LogP contribution in [0.5, 0.6) is 0 Å². The van der Waals surface area contributed by atoms with E-state index >= 15 is 0 Å². The van der Waals surface area contributed by atoms with Gasteiger partial charge in [-0.2, -0.15) is 0 Å². The Kier molecular flexibility index (Phi) is 3.56. The second kappa shape index (κ2) is 5.52. The summed E-state index contributed by atoms with van der Waals surface area (Å²) in [5.74, 6) is 2.91. The van der Waals surface area contributed by atoms with Crippen molar-refractivity contribution >= 4 is 0 Å². The van der Waals surface area contributed by atoms with E-state index in [0.717, 1.165) is 29.8 Å². The van der Waals surface area contributed by atoms with Gasteiger partial charge in [-0.15, -0.1) is 0 Å². The van der Waals surface area contributed by atoms with E-state index in [4.69, 9.17) is 0 Å². The Bertz CT molecular complexity index is 440. The standard InChI is InChI=1S/C19H27N/c1-2-7-15(8-3-1)18-13-19(18)20-17-11-10-14-6-4-5-9-16(14)12-17/h1-3,7-8,14,16-20H,4-6,9-13H2. The molecule has 0 heterocycles. The van der Waals surface area contributed by atoms with Crippen LogP contribution in [0.3, 0.4) is 0 Å². The van der Waals surface area contributed by atoms with Crippen molar-refractivity contribution in [2.75, 3.05) is 0 Å². The molecule has 0 bridgehead atoms. The molecular formula is C19H27N. The molecule has 0 radical (unpaired) electrons. The minimum atomic E-state index is 0.766. The number of fused-ring (bicyclic) bond motifs is 1. The average Bonchev–Trinajstić information content (AvgIpc) is 3.27. The van der Waals surface area contributed by atoms with Crippen LogP contribution in [-0.4, -0.2) is 12.1 Å². The van der Waals surface area contributed by atoms with Crippen molar-refractivity contribution in [2.24, 2.45) is 11.8 Å². The molecule has 20 heavy (non-hydrogen) atoms. The summed E-state index contributed by atoms with van der Waals surface area (Å²) in [7, 11) is 0. The quantitative estimate of drug-likeness (QED) is 0.852. The highest BCUT2D eigenvalue weighted by Crippen LogP contribution is 2.44. The lowest BCUT2D eigenvalue weighted by atomic mass is 9.69. The molecule has 3 aliphatic carbocycles. The molecule has 1 N–H and O–H groups in total. The van der Waals surface area contributed by atoms with Gasteiger partial charge < -0.3 is 5.32 Å². The van der Waals surface area contributed by atoms with E-state index in [1.54, 1.807) is 0 Å². The number of rotatable bonds is 3. The van der Waals surface area contributed by atoms with Gasteiger partial charge in [0.1, 0.15) is 0 Å². The Morgan fingerprint density at radius 3 is 2.45 bits per heavy atom. The van der Waals surface area contributed by atoms with E-state index < -0.39 is 0 Å². The Morgan fingerprint density at radius 2 is 1.60 bits per heavy atom. The maximum Gasteiger partial charge on any atom is 0.0145 e. The Balaban J connectivity index is 1.31. The highest BCUT2D eigenvalue weighted by atomic mass is 15.0. The molecule has 4 rings (SSSR count). The van der Waals surface area contributed by atoms with Gasteiger partial charge >= 0.3 is 0 Å². The van der Waals surface area contributed by atoms with E-state index in [1.165, 1.54) is 56.9 Å². The van der Waals surface area contributed by atoms with Gasteiger partial charge in [-0.3, -0.25) is 0 Å². The fourth-order valence-electron chi connectivity index (χ4n) is 4.78. The monoisotopic (exact) mass is 269 g/mol. The van der Waals surface area contributed by atoms with E-state index in [0.29, 0.717) is 0 Å². The predicted molar refractivity (Wildman–Crippen MR) is 83.8 cm³/mol. The average molecular weight is 269 g/mol. The van der Waals surface area contributed by atoms with Crippen LogP contribution in [0.2, 0.25) is 0 Å². The molecule has 0 spiro atoms. The molecule has 5 unspecified atom stereocenters. The summed E-state index contributed by atoms with van der Waals surface area (Å²) in [5, 5.41) is 3.97. The molecule has 0 aromatic heterocycles. The smallest absolute Gasteiger partial charge is 0.0145 e. The molecule has 108 valence electrons. The lowest BCUT2D eigenvalue weighted by Crippen LogP contribution is -2.40. The van der Waals surface area contributed by atoms with E-state index in [2.05, 4.69) is 35.6 Å². The van der Waals surface area contributed by atoms with Crippen LogP contribution in [0, 0.1) is 11.8 Å². The van der Waals surface area contributed by atoms with Gasteiger partial charge in [-0.05, 0) is 43.1 Å². The zero-order valence-electron chi connectivity index (χ0n) is 12.4. The maximum absolute atomic E-state index is 3.97. The fourth-order valence-corrected chi connectivity index (χ4v) is 4.78. The summed E-state index contributed by atoms with van der Waals surface area (Å²) in [6.45, 7) is 0. The van der Waals surface area contributed by atoms with Crippen LogP contribution in [-0.2, 0) is 0 Å². The van der Waals surface area contributed by atoms with Gasteiger partial charge in [-0.1, -0.05) is 56.0 Å². The highest BCUT2D eigenvalue weighted by molar-refractivity contribution is 5.27. The van der Waals surface area contributed by atoms with Crippen molar-refractivity contribution in [3.63, 3.8) is 0 Å². The first-order valence-corrected chi connectivity index (χ1v) is 8.71. The second-order valence-electron chi connectivity index (χ2n) is 7.34. The summed E-state index contributed by atoms with van der Waals surface area (Å²) in [4.78, 5) is 0. The third-order valence-electron chi connectivity index (χ3n) is 6.01. The van der Waals surface area contributed by atoms with Crippen LogP contribution in [0.15, 0.2) is 30.3 Å². The fraction of sp³-hybridized carbons (Fsp3) is 0.684. The molecule has 5 atom stereocenters. The first-order chi connectivity index (χ1) is 9.90. The Labute approximate surface area is 123 Å². The minimum Gasteiger partial charge on any atom is -0.311 e. The van der Waals surface area contributed by atoms with Gasteiger partial charge in [0, 0.05) is 18.0 Å². The van der Waals surface area contributed by atoms with E-state index in [1.807, 2.05) is 0 Å². The van der Waals surface area contributed by atoms with Gasteiger partial charge in [-0.25, -0.2) is 0 Å². The molecule has 3 fully saturated rings. The molecule has 3 aliphatic rings. The highest BCUT2D eigenvalue weighted by Gasteiger charge is 2.41. The first-order valence-electron chi connectivity index (χ1n) is 8.71. The number of hydrogen-bond acceptors (Lipinski definition) is 1. The molecule has 3 saturated carbocycles. The van der Waals surface area contributed by atoms with Gasteiger partial charge in [0.15, 0.2) is 0 Å². The van der Waals surface area contributed by atoms with Gasteiger partial charge in [0.2, 0.25) is 0 Å². The lowest BCUT2D eigenvalue weighted by Gasteiger charge is -2.39. The number of hydrogen-bond donors (Lipinski definition) is 1. The summed E-state index contributed by atoms with van der Waals surface area (Å²) in [6.07, 6.45) is 11.8. The first kappa shape index (κ1) is 12.9. The van der Waals surface area contributed by atoms with Gasteiger partial charge in [0.25, 0.3) is 0 Å². The summed E-state index contributed by atoms with van der Waals surface area (Å²) in [5.41, 5.74) is 1.54. The molecule has 1 aromatic carbocycles. The van der Waals surface area contributed by atoms with Crippen LogP contribution >= 0.6 is 0 Å². The van der Waals surface area contributed by atoms with E-state index in [-0.39, 0.29) is 0 Å². The van der Waals surface area contributed by atoms with Crippen LogP contribution in [0.1, 0.15) is 62.8 Å². The van der Waals surface area contributed by atoms with Gasteiger partial charge in [0.05, 0.1) is 0 Å². The lowest BCUT2D eigenvalue weighted by molar-refractivity contribution is 0.143. The summed E-state index contributed by atoms with van der Waals surface area (Å²) < 4.78 is 0. The summed E-state index contributed by atoms with van der Waals surface area (Å²) in [6, 6.07) is 12.7. The molecule has 0 amide bonds. The van der Waals surface area contributed by atoms with E-state index in [9.17, 15) is 0 Å².